The molecule has 1 atom stereocenters. The number of aromatic amines is 1. The molecule has 2 aromatic heterocycles. The second-order valence-corrected chi connectivity index (χ2v) is 4.92. The summed E-state index contributed by atoms with van der Waals surface area (Å²) in [5.41, 5.74) is 0.942. The topological polar surface area (TPSA) is 79.8 Å². The monoisotopic (exact) mass is 274 g/mol. The minimum absolute atomic E-state index is 0.287. The van der Waals surface area contributed by atoms with Gasteiger partial charge in [-0.2, -0.15) is 10.2 Å². The zero-order valence-corrected chi connectivity index (χ0v) is 11.5. The highest BCUT2D eigenvalue weighted by atomic mass is 16.5. The van der Waals surface area contributed by atoms with Crippen LogP contribution >= 0.6 is 0 Å². The maximum atomic E-state index is 5.03. The lowest BCUT2D eigenvalue weighted by Crippen LogP contribution is -2.33. The Hall–Kier alpha value is -2.02. The number of nitrogens with zero attached hydrogens (tertiary/aromatic N) is 5. The van der Waals surface area contributed by atoms with Gasteiger partial charge in [0.25, 0.3) is 0 Å². The molecule has 0 radical (unpaired) electrons. The van der Waals surface area contributed by atoms with Crippen molar-refractivity contribution in [1.82, 2.24) is 30.3 Å². The number of ether oxygens (including phenoxy) is 1. The summed E-state index contributed by atoms with van der Waals surface area (Å²) in [4.78, 5) is 6.67. The Balaban J connectivity index is 1.73. The van der Waals surface area contributed by atoms with Crippen molar-refractivity contribution in [2.24, 2.45) is 0 Å². The van der Waals surface area contributed by atoms with Crippen LogP contribution in [0.5, 0.6) is 5.88 Å². The molecule has 3 rings (SSSR count). The van der Waals surface area contributed by atoms with Crippen LogP contribution < -0.4 is 4.74 Å². The average molecular weight is 274 g/mol. The molecular weight excluding hydrogens is 256 g/mol. The molecule has 106 valence electrons. The van der Waals surface area contributed by atoms with Gasteiger partial charge in [0, 0.05) is 12.6 Å². The standard InChI is InChI=1S/C13H18N6O/c1-20-12-6-5-10(16-17-12)8-19-7-3-2-4-11(19)13-14-9-15-18-13/h5-6,9,11H,2-4,7-8H2,1H3,(H,14,15,18)/t11-/m1/s1. The fourth-order valence-electron chi connectivity index (χ4n) is 2.61. The van der Waals surface area contributed by atoms with Crippen molar-refractivity contribution in [2.45, 2.75) is 31.8 Å². The summed E-state index contributed by atoms with van der Waals surface area (Å²) < 4.78 is 5.03. The van der Waals surface area contributed by atoms with E-state index in [2.05, 4.69) is 30.3 Å². The maximum absolute atomic E-state index is 5.03. The molecule has 1 saturated heterocycles. The summed E-state index contributed by atoms with van der Waals surface area (Å²) >= 11 is 0. The molecule has 0 aliphatic carbocycles. The summed E-state index contributed by atoms with van der Waals surface area (Å²) in [6, 6.07) is 4.09. The molecule has 1 aliphatic rings. The lowest BCUT2D eigenvalue weighted by atomic mass is 10.0. The van der Waals surface area contributed by atoms with E-state index < -0.39 is 0 Å². The Kier molecular flexibility index (Phi) is 3.87. The molecule has 0 spiro atoms. The lowest BCUT2D eigenvalue weighted by molar-refractivity contribution is 0.132. The number of hydrogen-bond acceptors (Lipinski definition) is 6. The van der Waals surface area contributed by atoms with Crippen molar-refractivity contribution < 1.29 is 4.74 Å². The highest BCUT2D eigenvalue weighted by Crippen LogP contribution is 2.29. The predicted octanol–water partition coefficient (Wildman–Crippen LogP) is 1.33. The van der Waals surface area contributed by atoms with Crippen LogP contribution in [0.25, 0.3) is 0 Å². The van der Waals surface area contributed by atoms with Crippen LogP contribution in [0.2, 0.25) is 0 Å². The molecular formula is C13H18N6O. The van der Waals surface area contributed by atoms with Gasteiger partial charge in [0.15, 0.2) is 0 Å². The smallest absolute Gasteiger partial charge is 0.233 e. The van der Waals surface area contributed by atoms with Crippen molar-refractivity contribution >= 4 is 0 Å². The Labute approximate surface area is 117 Å². The second kappa shape index (κ2) is 5.96. The van der Waals surface area contributed by atoms with Gasteiger partial charge in [0.1, 0.15) is 12.2 Å². The van der Waals surface area contributed by atoms with Crippen LogP contribution in [0.15, 0.2) is 18.5 Å². The van der Waals surface area contributed by atoms with Gasteiger partial charge in [-0.05, 0) is 25.5 Å². The molecule has 0 bridgehead atoms. The average Bonchev–Trinajstić information content (AvgIpc) is 3.03. The van der Waals surface area contributed by atoms with Gasteiger partial charge in [-0.15, -0.1) is 5.10 Å². The number of nitrogens with one attached hydrogen (secondary N) is 1. The van der Waals surface area contributed by atoms with Gasteiger partial charge in [0.2, 0.25) is 5.88 Å². The van der Waals surface area contributed by atoms with Crippen molar-refractivity contribution in [3.63, 3.8) is 0 Å². The van der Waals surface area contributed by atoms with Crippen molar-refractivity contribution in [3.05, 3.63) is 30.0 Å². The zero-order chi connectivity index (χ0) is 13.8. The van der Waals surface area contributed by atoms with Crippen LogP contribution in [0.4, 0.5) is 0 Å². The molecule has 0 saturated carbocycles. The third-order valence-electron chi connectivity index (χ3n) is 3.63. The molecule has 1 fully saturated rings. The summed E-state index contributed by atoms with van der Waals surface area (Å²) in [5, 5.41) is 15.1. The molecule has 7 nitrogen and oxygen atoms in total. The van der Waals surface area contributed by atoms with Crippen LogP contribution in [-0.4, -0.2) is 43.9 Å². The fraction of sp³-hybridized carbons (Fsp3) is 0.538. The normalized spacial score (nSPS) is 19.9. The molecule has 20 heavy (non-hydrogen) atoms. The van der Waals surface area contributed by atoms with Crippen molar-refractivity contribution in [2.75, 3.05) is 13.7 Å². The van der Waals surface area contributed by atoms with E-state index in [1.54, 1.807) is 13.4 Å². The van der Waals surface area contributed by atoms with E-state index in [9.17, 15) is 0 Å². The Bertz CT molecular complexity index is 526. The quantitative estimate of drug-likeness (QED) is 0.906. The van der Waals surface area contributed by atoms with Gasteiger partial charge < -0.3 is 4.74 Å². The summed E-state index contributed by atoms with van der Waals surface area (Å²) in [6.45, 7) is 1.81. The number of methoxy groups -OCH3 is 1. The Morgan fingerprint density at radius 3 is 3.00 bits per heavy atom. The number of piperidine rings is 1. The minimum Gasteiger partial charge on any atom is -0.480 e. The van der Waals surface area contributed by atoms with Crippen LogP contribution in [0.1, 0.15) is 36.8 Å². The van der Waals surface area contributed by atoms with Gasteiger partial charge >= 0.3 is 0 Å². The van der Waals surface area contributed by atoms with E-state index in [1.165, 1.54) is 12.8 Å². The molecule has 0 unspecified atom stereocenters. The summed E-state index contributed by atoms with van der Waals surface area (Å²) in [6.07, 6.45) is 5.08. The minimum atomic E-state index is 0.287. The van der Waals surface area contributed by atoms with Crippen molar-refractivity contribution in [3.8, 4) is 5.88 Å². The number of H-pyrrole nitrogens is 1. The van der Waals surface area contributed by atoms with E-state index in [-0.39, 0.29) is 6.04 Å². The maximum Gasteiger partial charge on any atom is 0.233 e. The highest BCUT2D eigenvalue weighted by Gasteiger charge is 2.26. The first kappa shape index (κ1) is 13.0. The summed E-state index contributed by atoms with van der Waals surface area (Å²) in [7, 11) is 1.59. The molecule has 2 aromatic rings. The van der Waals surface area contributed by atoms with E-state index in [0.717, 1.165) is 31.0 Å². The summed E-state index contributed by atoms with van der Waals surface area (Å²) in [5.74, 6) is 1.48. The number of aromatic nitrogens is 5. The molecule has 1 N–H and O–H groups in total. The molecule has 7 heteroatoms. The Morgan fingerprint density at radius 2 is 2.30 bits per heavy atom. The van der Waals surface area contributed by atoms with Crippen LogP contribution in [-0.2, 0) is 6.54 Å². The van der Waals surface area contributed by atoms with Crippen LogP contribution in [0.3, 0.4) is 0 Å². The van der Waals surface area contributed by atoms with E-state index >= 15 is 0 Å². The van der Waals surface area contributed by atoms with Gasteiger partial charge in [-0.25, -0.2) is 4.98 Å². The number of likely N-dealkylation sites (tertiary alicyclic amines) is 1. The molecule has 0 aromatic carbocycles. The number of rotatable bonds is 4. The second-order valence-electron chi connectivity index (χ2n) is 4.92. The molecule has 3 heterocycles. The molecule has 0 amide bonds. The van der Waals surface area contributed by atoms with Crippen LogP contribution in [0, 0.1) is 0 Å². The van der Waals surface area contributed by atoms with E-state index in [1.807, 2.05) is 12.1 Å². The largest absolute Gasteiger partial charge is 0.480 e. The Morgan fingerprint density at radius 1 is 1.35 bits per heavy atom. The first-order chi connectivity index (χ1) is 9.86. The van der Waals surface area contributed by atoms with Gasteiger partial charge in [0.05, 0.1) is 18.8 Å². The zero-order valence-electron chi connectivity index (χ0n) is 11.5. The third-order valence-corrected chi connectivity index (χ3v) is 3.63. The van der Waals surface area contributed by atoms with Gasteiger partial charge in [-0.3, -0.25) is 10.00 Å². The highest BCUT2D eigenvalue weighted by molar-refractivity contribution is 5.11. The van der Waals surface area contributed by atoms with Crippen molar-refractivity contribution in [1.29, 1.82) is 0 Å². The fourth-order valence-corrected chi connectivity index (χ4v) is 2.61. The van der Waals surface area contributed by atoms with Gasteiger partial charge in [-0.1, -0.05) is 6.42 Å². The molecule has 1 aliphatic heterocycles. The first-order valence-corrected chi connectivity index (χ1v) is 6.83. The van der Waals surface area contributed by atoms with E-state index in [4.69, 9.17) is 4.74 Å². The predicted molar refractivity (Wildman–Crippen MR) is 72.0 cm³/mol. The lowest BCUT2D eigenvalue weighted by Gasteiger charge is -2.33. The third kappa shape index (κ3) is 2.77. The SMILES string of the molecule is COc1ccc(CN2CCCC[C@@H]2c2ncn[nH]2)nn1. The number of hydrogen-bond donors (Lipinski definition) is 1. The first-order valence-electron chi connectivity index (χ1n) is 6.83. The van der Waals surface area contributed by atoms with E-state index in [0.29, 0.717) is 5.88 Å².